The first-order valence-electron chi connectivity index (χ1n) is 5.70. The van der Waals surface area contributed by atoms with E-state index in [2.05, 4.69) is 35.6 Å². The van der Waals surface area contributed by atoms with E-state index in [9.17, 15) is 4.79 Å². The van der Waals surface area contributed by atoms with Crippen LogP contribution in [0.25, 0.3) is 0 Å². The Kier molecular flexibility index (Phi) is 4.86. The molecule has 5 nitrogen and oxygen atoms in total. The third-order valence-corrected chi connectivity index (χ3v) is 4.78. The third-order valence-electron chi connectivity index (χ3n) is 3.19. The minimum Gasteiger partial charge on any atom is -0.396 e. The molecule has 0 spiro atoms. The van der Waals surface area contributed by atoms with E-state index >= 15 is 0 Å². The van der Waals surface area contributed by atoms with Crippen LogP contribution in [0.2, 0.25) is 0 Å². The molecule has 1 amide bonds. The summed E-state index contributed by atoms with van der Waals surface area (Å²) in [6, 6.07) is 0. The molecule has 0 saturated heterocycles. The number of carbonyl (C=O) groups excluding carboxylic acids is 1. The van der Waals surface area contributed by atoms with Crippen LogP contribution in [0.4, 0.5) is 5.69 Å². The SMILES string of the molecule is CCC(CC)(CNC(=O)c1[nH]ncc1N)SC. The van der Waals surface area contributed by atoms with Crippen LogP contribution in [0.15, 0.2) is 6.20 Å². The van der Waals surface area contributed by atoms with Crippen molar-refractivity contribution in [3.05, 3.63) is 11.9 Å². The first-order valence-corrected chi connectivity index (χ1v) is 6.93. The van der Waals surface area contributed by atoms with Gasteiger partial charge in [-0.1, -0.05) is 13.8 Å². The van der Waals surface area contributed by atoms with Crippen LogP contribution in [0.3, 0.4) is 0 Å². The highest BCUT2D eigenvalue weighted by Crippen LogP contribution is 2.29. The molecule has 1 heterocycles. The fourth-order valence-electron chi connectivity index (χ4n) is 1.67. The van der Waals surface area contributed by atoms with Crippen LogP contribution >= 0.6 is 11.8 Å². The van der Waals surface area contributed by atoms with Gasteiger partial charge < -0.3 is 11.1 Å². The van der Waals surface area contributed by atoms with E-state index in [-0.39, 0.29) is 10.7 Å². The number of nitrogens with two attached hydrogens (primary N) is 1. The Morgan fingerprint density at radius 1 is 1.59 bits per heavy atom. The number of hydrogen-bond donors (Lipinski definition) is 3. The van der Waals surface area contributed by atoms with E-state index in [0.717, 1.165) is 12.8 Å². The summed E-state index contributed by atoms with van der Waals surface area (Å²) in [7, 11) is 0. The van der Waals surface area contributed by atoms with Gasteiger partial charge in [0.2, 0.25) is 0 Å². The van der Waals surface area contributed by atoms with Crippen molar-refractivity contribution in [2.24, 2.45) is 0 Å². The highest BCUT2D eigenvalue weighted by atomic mass is 32.2. The average molecular weight is 256 g/mol. The van der Waals surface area contributed by atoms with Crippen LogP contribution in [0.5, 0.6) is 0 Å². The van der Waals surface area contributed by atoms with Crippen molar-refractivity contribution in [2.75, 3.05) is 18.5 Å². The predicted octanol–water partition coefficient (Wildman–Crippen LogP) is 1.64. The zero-order valence-corrected chi connectivity index (χ0v) is 11.4. The van der Waals surface area contributed by atoms with Crippen molar-refractivity contribution in [3.8, 4) is 0 Å². The minimum atomic E-state index is -0.194. The van der Waals surface area contributed by atoms with Crippen molar-refractivity contribution in [3.63, 3.8) is 0 Å². The van der Waals surface area contributed by atoms with E-state index in [1.165, 1.54) is 6.20 Å². The average Bonchev–Trinajstić information content (AvgIpc) is 2.78. The molecule has 0 fully saturated rings. The monoisotopic (exact) mass is 256 g/mol. The Labute approximate surface area is 106 Å². The summed E-state index contributed by atoms with van der Waals surface area (Å²) in [6.45, 7) is 4.91. The summed E-state index contributed by atoms with van der Waals surface area (Å²) < 4.78 is 0.102. The molecule has 1 rings (SSSR count). The van der Waals surface area contributed by atoms with Gasteiger partial charge >= 0.3 is 0 Å². The highest BCUT2D eigenvalue weighted by molar-refractivity contribution is 8.00. The topological polar surface area (TPSA) is 83.8 Å². The van der Waals surface area contributed by atoms with Gasteiger partial charge in [-0.3, -0.25) is 9.89 Å². The molecule has 6 heteroatoms. The molecule has 4 N–H and O–H groups in total. The zero-order chi connectivity index (χ0) is 12.9. The molecule has 96 valence electrons. The van der Waals surface area contributed by atoms with E-state index in [4.69, 9.17) is 5.73 Å². The largest absolute Gasteiger partial charge is 0.396 e. The van der Waals surface area contributed by atoms with Gasteiger partial charge in [-0.05, 0) is 19.1 Å². The van der Waals surface area contributed by atoms with Crippen molar-refractivity contribution >= 4 is 23.4 Å². The molecular formula is C11H20N4OS. The third kappa shape index (κ3) is 3.15. The van der Waals surface area contributed by atoms with Gasteiger partial charge in [0.25, 0.3) is 5.91 Å². The van der Waals surface area contributed by atoms with Crippen molar-refractivity contribution in [2.45, 2.75) is 31.4 Å². The standard InChI is InChI=1S/C11H20N4OS/c1-4-11(5-2,17-3)7-13-10(16)9-8(12)6-14-15-9/h6H,4-5,7,12H2,1-3H3,(H,13,16)(H,14,15). The molecule has 0 aliphatic heterocycles. The molecular weight excluding hydrogens is 236 g/mol. The van der Waals surface area contributed by atoms with Crippen LogP contribution in [0, 0.1) is 0 Å². The lowest BCUT2D eigenvalue weighted by atomic mass is 10.0. The zero-order valence-electron chi connectivity index (χ0n) is 10.5. The Morgan fingerprint density at radius 2 is 2.24 bits per heavy atom. The molecule has 17 heavy (non-hydrogen) atoms. The summed E-state index contributed by atoms with van der Waals surface area (Å²) in [5.74, 6) is -0.194. The Balaban J connectivity index is 2.62. The van der Waals surface area contributed by atoms with Crippen molar-refractivity contribution < 1.29 is 4.79 Å². The second-order valence-corrected chi connectivity index (χ2v) is 5.25. The fourth-order valence-corrected chi connectivity index (χ4v) is 2.46. The van der Waals surface area contributed by atoms with Crippen LogP contribution in [0.1, 0.15) is 37.2 Å². The summed E-state index contributed by atoms with van der Waals surface area (Å²) in [4.78, 5) is 11.8. The van der Waals surface area contributed by atoms with Gasteiger partial charge in [-0.2, -0.15) is 16.9 Å². The molecule has 0 bridgehead atoms. The van der Waals surface area contributed by atoms with Crippen molar-refractivity contribution in [1.82, 2.24) is 15.5 Å². The number of rotatable bonds is 6. The molecule has 1 aromatic heterocycles. The lowest BCUT2D eigenvalue weighted by Crippen LogP contribution is -2.39. The lowest BCUT2D eigenvalue weighted by Gasteiger charge is -2.29. The quantitative estimate of drug-likeness (QED) is 0.722. The second kappa shape index (κ2) is 5.95. The Morgan fingerprint density at radius 3 is 2.65 bits per heavy atom. The summed E-state index contributed by atoms with van der Waals surface area (Å²) in [5, 5.41) is 9.24. The number of H-pyrrole nitrogens is 1. The smallest absolute Gasteiger partial charge is 0.271 e. The molecule has 1 aromatic rings. The Bertz CT molecular complexity index is 365. The summed E-state index contributed by atoms with van der Waals surface area (Å²) in [5.41, 5.74) is 6.34. The van der Waals surface area contributed by atoms with E-state index in [1.54, 1.807) is 11.8 Å². The number of nitrogen functional groups attached to an aromatic ring is 1. The molecule has 0 atom stereocenters. The van der Waals surface area contributed by atoms with Crippen LogP contribution in [-0.2, 0) is 0 Å². The van der Waals surface area contributed by atoms with Gasteiger partial charge in [0.15, 0.2) is 0 Å². The van der Waals surface area contributed by atoms with Crippen molar-refractivity contribution in [1.29, 1.82) is 0 Å². The number of thioether (sulfide) groups is 1. The number of aromatic amines is 1. The fraction of sp³-hybridized carbons (Fsp3) is 0.636. The number of amides is 1. The first-order chi connectivity index (χ1) is 8.08. The number of aromatic nitrogens is 2. The first kappa shape index (κ1) is 13.9. The maximum absolute atomic E-state index is 11.8. The summed E-state index contributed by atoms with van der Waals surface area (Å²) in [6.07, 6.45) is 5.55. The number of nitrogens with zero attached hydrogens (tertiary/aromatic N) is 1. The molecule has 0 radical (unpaired) electrons. The molecule has 0 aromatic carbocycles. The summed E-state index contributed by atoms with van der Waals surface area (Å²) >= 11 is 1.79. The second-order valence-electron chi connectivity index (χ2n) is 3.98. The number of carbonyl (C=O) groups is 1. The van der Waals surface area contributed by atoms with Crippen LogP contribution < -0.4 is 11.1 Å². The normalized spacial score (nSPS) is 11.5. The van der Waals surface area contributed by atoms with Crippen LogP contribution in [-0.4, -0.2) is 33.7 Å². The van der Waals surface area contributed by atoms with Gasteiger partial charge in [-0.15, -0.1) is 0 Å². The maximum atomic E-state index is 11.8. The van der Waals surface area contributed by atoms with E-state index in [0.29, 0.717) is 17.9 Å². The van der Waals surface area contributed by atoms with Gasteiger partial charge in [0.1, 0.15) is 5.69 Å². The number of hydrogen-bond acceptors (Lipinski definition) is 4. The predicted molar refractivity (Wildman–Crippen MR) is 72.2 cm³/mol. The Hall–Kier alpha value is -1.17. The van der Waals surface area contributed by atoms with Gasteiger partial charge in [0, 0.05) is 11.3 Å². The van der Waals surface area contributed by atoms with E-state index < -0.39 is 0 Å². The minimum absolute atomic E-state index is 0.102. The van der Waals surface area contributed by atoms with E-state index in [1.807, 2.05) is 0 Å². The van der Waals surface area contributed by atoms with Gasteiger partial charge in [-0.25, -0.2) is 0 Å². The molecule has 0 saturated carbocycles. The number of nitrogens with one attached hydrogen (secondary N) is 2. The maximum Gasteiger partial charge on any atom is 0.271 e. The molecule has 0 unspecified atom stereocenters. The molecule has 0 aliphatic rings. The van der Waals surface area contributed by atoms with Gasteiger partial charge in [0.05, 0.1) is 11.9 Å². The number of anilines is 1. The molecule has 0 aliphatic carbocycles. The highest BCUT2D eigenvalue weighted by Gasteiger charge is 2.26. The lowest BCUT2D eigenvalue weighted by molar-refractivity contribution is 0.0945.